The van der Waals surface area contributed by atoms with Crippen molar-refractivity contribution >= 4 is 21.8 Å². The van der Waals surface area contributed by atoms with Gasteiger partial charge in [-0.1, -0.05) is 176 Å². The molecule has 0 atom stereocenters. The van der Waals surface area contributed by atoms with Crippen molar-refractivity contribution in [3.63, 3.8) is 0 Å². The van der Waals surface area contributed by atoms with Gasteiger partial charge in [-0.3, -0.25) is 0 Å². The van der Waals surface area contributed by atoms with E-state index >= 15 is 0 Å². The molecule has 294 valence electrons. The van der Waals surface area contributed by atoms with Crippen LogP contribution in [0.3, 0.4) is 0 Å². The lowest BCUT2D eigenvalue weighted by Gasteiger charge is -2.39. The number of fused-ring (bicyclic) bond motifs is 12. The molecule has 13 rings (SSSR count). The van der Waals surface area contributed by atoms with Gasteiger partial charge in [0, 0.05) is 44.3 Å². The van der Waals surface area contributed by atoms with Crippen LogP contribution in [0.4, 0.5) is 0 Å². The van der Waals surface area contributed by atoms with Crippen LogP contribution in [-0.4, -0.2) is 19.5 Å². The Kier molecular flexibility index (Phi) is 7.75. The van der Waals surface area contributed by atoms with Crippen molar-refractivity contribution < 1.29 is 4.74 Å². The van der Waals surface area contributed by atoms with Crippen LogP contribution >= 0.6 is 0 Å². The van der Waals surface area contributed by atoms with Crippen LogP contribution in [0.15, 0.2) is 218 Å². The van der Waals surface area contributed by atoms with Crippen LogP contribution in [0.25, 0.3) is 83.9 Å². The van der Waals surface area contributed by atoms with Crippen molar-refractivity contribution in [3.05, 3.63) is 241 Å². The van der Waals surface area contributed by atoms with Crippen LogP contribution in [-0.2, 0) is 5.41 Å². The minimum atomic E-state index is -0.664. The van der Waals surface area contributed by atoms with Gasteiger partial charge in [0.15, 0.2) is 17.5 Å². The molecule has 1 aliphatic carbocycles. The second-order valence-electron chi connectivity index (χ2n) is 16.3. The van der Waals surface area contributed by atoms with Gasteiger partial charge in [0.25, 0.3) is 0 Å². The molecule has 2 aliphatic rings. The molecular weight excluding hydrogens is 769 g/mol. The van der Waals surface area contributed by atoms with Gasteiger partial charge in [-0.15, -0.1) is 0 Å². The molecule has 3 heterocycles. The number of aromatic nitrogens is 4. The van der Waals surface area contributed by atoms with Gasteiger partial charge in [-0.25, -0.2) is 15.0 Å². The van der Waals surface area contributed by atoms with E-state index in [1.54, 1.807) is 0 Å². The fourth-order valence-corrected chi connectivity index (χ4v) is 10.3. The monoisotopic (exact) mass is 804 g/mol. The lowest BCUT2D eigenvalue weighted by Crippen LogP contribution is -2.32. The summed E-state index contributed by atoms with van der Waals surface area (Å²) in [6.45, 7) is 0. The molecule has 9 aromatic carbocycles. The number of para-hydroxylation sites is 4. The van der Waals surface area contributed by atoms with Gasteiger partial charge in [0.05, 0.1) is 16.4 Å². The van der Waals surface area contributed by atoms with E-state index in [9.17, 15) is 0 Å². The summed E-state index contributed by atoms with van der Waals surface area (Å²) >= 11 is 0. The molecular formula is C58H36N4O. The molecule has 1 spiro atoms. The Morgan fingerprint density at radius 2 is 0.857 bits per heavy atom. The van der Waals surface area contributed by atoms with Crippen LogP contribution in [0.5, 0.6) is 11.5 Å². The molecule has 0 saturated carbocycles. The number of benzene rings is 9. The molecule has 5 nitrogen and oxygen atoms in total. The Hall–Kier alpha value is -8.41. The van der Waals surface area contributed by atoms with Crippen LogP contribution in [0, 0.1) is 0 Å². The van der Waals surface area contributed by atoms with Crippen molar-refractivity contribution in [2.45, 2.75) is 5.41 Å². The number of hydrogen-bond donors (Lipinski definition) is 0. The first-order valence-corrected chi connectivity index (χ1v) is 21.4. The third-order valence-corrected chi connectivity index (χ3v) is 12.9. The fraction of sp³-hybridized carbons (Fsp3) is 0.0172. The van der Waals surface area contributed by atoms with Crippen molar-refractivity contribution in [2.24, 2.45) is 0 Å². The average Bonchev–Trinajstić information content (AvgIpc) is 3.85. The van der Waals surface area contributed by atoms with Gasteiger partial charge < -0.3 is 9.30 Å². The van der Waals surface area contributed by atoms with Gasteiger partial charge in [-0.2, -0.15) is 0 Å². The molecule has 0 radical (unpaired) electrons. The van der Waals surface area contributed by atoms with Crippen molar-refractivity contribution in [2.75, 3.05) is 0 Å². The van der Waals surface area contributed by atoms with Crippen LogP contribution < -0.4 is 4.74 Å². The molecule has 63 heavy (non-hydrogen) atoms. The molecule has 0 bridgehead atoms. The highest BCUT2D eigenvalue weighted by Gasteiger charge is 2.51. The lowest BCUT2D eigenvalue weighted by atomic mass is 9.66. The first kappa shape index (κ1) is 35.4. The summed E-state index contributed by atoms with van der Waals surface area (Å²) in [5.74, 6) is 3.58. The Balaban J connectivity index is 1.05. The predicted molar refractivity (Wildman–Crippen MR) is 253 cm³/mol. The minimum absolute atomic E-state index is 0.622. The zero-order valence-electron chi connectivity index (χ0n) is 34.0. The van der Waals surface area contributed by atoms with E-state index in [1.165, 1.54) is 32.9 Å². The summed E-state index contributed by atoms with van der Waals surface area (Å²) in [6, 6.07) is 77.3. The van der Waals surface area contributed by atoms with E-state index in [1.807, 2.05) is 36.4 Å². The maximum atomic E-state index is 6.69. The van der Waals surface area contributed by atoms with Gasteiger partial charge in [-0.05, 0) is 75.8 Å². The summed E-state index contributed by atoms with van der Waals surface area (Å²) in [4.78, 5) is 15.6. The normalized spacial score (nSPS) is 13.0. The van der Waals surface area contributed by atoms with Crippen LogP contribution in [0.1, 0.15) is 22.3 Å². The first-order valence-electron chi connectivity index (χ1n) is 21.4. The highest BCUT2D eigenvalue weighted by molar-refractivity contribution is 6.09. The molecule has 11 aromatic rings. The Bertz CT molecular complexity index is 3440. The van der Waals surface area contributed by atoms with E-state index in [0.717, 1.165) is 67.3 Å². The van der Waals surface area contributed by atoms with Gasteiger partial charge in [0.1, 0.15) is 11.5 Å². The molecule has 0 N–H and O–H groups in total. The highest BCUT2D eigenvalue weighted by Crippen LogP contribution is 2.63. The number of rotatable bonds is 5. The Morgan fingerprint density at radius 3 is 1.48 bits per heavy atom. The molecule has 0 amide bonds. The van der Waals surface area contributed by atoms with Crippen molar-refractivity contribution in [1.82, 2.24) is 19.5 Å². The SMILES string of the molecule is c1ccc(-c2nc(-c3ccccc3)nc(-c3cccc4c3-c3cc(-c5ccc(-n6c7ccccc7c7ccccc76)cc5)ccc3C43c4ccccc4Oc4ccccc43)n2)cc1. The topological polar surface area (TPSA) is 52.8 Å². The molecule has 2 aromatic heterocycles. The summed E-state index contributed by atoms with van der Waals surface area (Å²) in [5, 5.41) is 2.50. The largest absolute Gasteiger partial charge is 0.457 e. The molecule has 5 heteroatoms. The maximum Gasteiger partial charge on any atom is 0.164 e. The van der Waals surface area contributed by atoms with Gasteiger partial charge in [0.2, 0.25) is 0 Å². The highest BCUT2D eigenvalue weighted by atomic mass is 16.5. The third kappa shape index (κ3) is 5.27. The van der Waals surface area contributed by atoms with Gasteiger partial charge >= 0.3 is 0 Å². The Morgan fingerprint density at radius 1 is 0.349 bits per heavy atom. The average molecular weight is 805 g/mol. The lowest BCUT2D eigenvalue weighted by molar-refractivity contribution is 0.436. The fourth-order valence-electron chi connectivity index (χ4n) is 10.3. The number of hydrogen-bond acceptors (Lipinski definition) is 4. The minimum Gasteiger partial charge on any atom is -0.457 e. The van der Waals surface area contributed by atoms with E-state index in [-0.39, 0.29) is 0 Å². The number of ether oxygens (including phenoxy) is 1. The standard InChI is InChI=1S/C58H36N4O/c1-3-16-38(17-4-1)55-59-56(39-18-5-2-6-19-39)61-57(60-55)44-22-15-25-49-54(44)45-36-40(32-35-46(45)58(49)47-23-9-13-28-52(47)63-53-29-14-10-24-48(53)58)37-30-33-41(34-31-37)62-50-26-11-7-20-42(50)43-21-8-12-27-51(43)62/h1-36H. The maximum absolute atomic E-state index is 6.69. The second kappa shape index (κ2) is 13.8. The van der Waals surface area contributed by atoms with E-state index in [0.29, 0.717) is 17.5 Å². The summed E-state index contributed by atoms with van der Waals surface area (Å²) in [6.07, 6.45) is 0. The second-order valence-corrected chi connectivity index (χ2v) is 16.3. The zero-order valence-corrected chi connectivity index (χ0v) is 34.0. The van der Waals surface area contributed by atoms with E-state index in [2.05, 4.69) is 187 Å². The molecule has 1 aliphatic heterocycles. The quantitative estimate of drug-likeness (QED) is 0.174. The van der Waals surface area contributed by atoms with Crippen LogP contribution in [0.2, 0.25) is 0 Å². The van der Waals surface area contributed by atoms with Crippen molar-refractivity contribution in [3.8, 4) is 73.6 Å². The summed E-state index contributed by atoms with van der Waals surface area (Å²) in [7, 11) is 0. The van der Waals surface area contributed by atoms with Crippen molar-refractivity contribution in [1.29, 1.82) is 0 Å². The molecule has 0 saturated heterocycles. The Labute approximate surface area is 364 Å². The van der Waals surface area contributed by atoms with E-state index < -0.39 is 5.41 Å². The summed E-state index contributed by atoms with van der Waals surface area (Å²) < 4.78 is 9.06. The van der Waals surface area contributed by atoms with E-state index in [4.69, 9.17) is 19.7 Å². The number of nitrogens with zero attached hydrogens (tertiary/aromatic N) is 4. The first-order chi connectivity index (χ1) is 31.2. The smallest absolute Gasteiger partial charge is 0.164 e. The molecule has 0 fully saturated rings. The zero-order chi connectivity index (χ0) is 41.5. The third-order valence-electron chi connectivity index (χ3n) is 12.9. The predicted octanol–water partition coefficient (Wildman–Crippen LogP) is 14.1. The summed E-state index contributed by atoms with van der Waals surface area (Å²) in [5.41, 5.74) is 14.7. The molecule has 0 unspecified atom stereocenters.